The van der Waals surface area contributed by atoms with Crippen LogP contribution in [0.25, 0.3) is 0 Å². The van der Waals surface area contributed by atoms with E-state index < -0.39 is 29.3 Å². The molecule has 2 N–H and O–H groups in total. The molecule has 1 saturated heterocycles. The van der Waals surface area contributed by atoms with Gasteiger partial charge in [-0.3, -0.25) is 4.79 Å². The molecule has 2 amide bonds. The molecule has 1 aliphatic rings. The maximum Gasteiger partial charge on any atom is 0.410 e. The molecule has 0 bridgehead atoms. The van der Waals surface area contributed by atoms with Crippen molar-refractivity contribution in [3.63, 3.8) is 0 Å². The largest absolute Gasteiger partial charge is 0.481 e. The summed E-state index contributed by atoms with van der Waals surface area (Å²) in [7, 11) is 0. The van der Waals surface area contributed by atoms with E-state index in [-0.39, 0.29) is 13.0 Å². The summed E-state index contributed by atoms with van der Waals surface area (Å²) in [6.07, 6.45) is -0.0601. The molecule has 160 valence electrons. The first-order chi connectivity index (χ1) is 13.6. The number of alkyl carbamates (subject to hydrolysis) is 1. The third kappa shape index (κ3) is 7.63. The number of benzene rings is 1. The van der Waals surface area contributed by atoms with E-state index in [9.17, 15) is 19.5 Å². The lowest BCUT2D eigenvalue weighted by molar-refractivity contribution is -0.138. The van der Waals surface area contributed by atoms with Crippen molar-refractivity contribution in [3.8, 4) is 0 Å². The molecule has 1 aromatic rings. The lowest BCUT2D eigenvalue weighted by atomic mass is 9.87. The molecular formula is C21H30N2O6. The number of carbonyl (C=O) groups excluding carboxylic acids is 2. The number of carbonyl (C=O) groups is 3. The first-order valence-corrected chi connectivity index (χ1v) is 9.77. The number of rotatable bonds is 5. The minimum Gasteiger partial charge on any atom is -0.481 e. The van der Waals surface area contributed by atoms with E-state index in [0.717, 1.165) is 5.56 Å². The van der Waals surface area contributed by atoms with Gasteiger partial charge in [0, 0.05) is 13.1 Å². The monoisotopic (exact) mass is 406 g/mol. The highest BCUT2D eigenvalue weighted by Crippen LogP contribution is 2.27. The third-order valence-electron chi connectivity index (χ3n) is 4.66. The molecule has 1 aromatic carbocycles. The van der Waals surface area contributed by atoms with Crippen molar-refractivity contribution in [2.45, 2.75) is 64.2 Å². The van der Waals surface area contributed by atoms with Crippen molar-refractivity contribution in [2.75, 3.05) is 13.1 Å². The maximum atomic E-state index is 12.4. The summed E-state index contributed by atoms with van der Waals surface area (Å²) in [6, 6.07) is 9.24. The summed E-state index contributed by atoms with van der Waals surface area (Å²) >= 11 is 0. The number of carboxylic acids is 1. The van der Waals surface area contributed by atoms with E-state index in [1.807, 2.05) is 30.3 Å². The smallest absolute Gasteiger partial charge is 0.410 e. The van der Waals surface area contributed by atoms with Gasteiger partial charge >= 0.3 is 18.2 Å². The second kappa shape index (κ2) is 9.62. The van der Waals surface area contributed by atoms with Gasteiger partial charge in [0.05, 0.1) is 12.0 Å². The number of ether oxygens (including phenoxy) is 2. The molecule has 8 nitrogen and oxygen atoms in total. The first-order valence-electron chi connectivity index (χ1n) is 9.77. The Morgan fingerprint density at radius 2 is 1.83 bits per heavy atom. The molecule has 0 spiro atoms. The van der Waals surface area contributed by atoms with Crippen LogP contribution < -0.4 is 5.32 Å². The second-order valence-corrected chi connectivity index (χ2v) is 8.36. The van der Waals surface area contributed by atoms with Gasteiger partial charge in [0.15, 0.2) is 0 Å². The van der Waals surface area contributed by atoms with Crippen LogP contribution in [-0.4, -0.2) is 52.4 Å². The summed E-state index contributed by atoms with van der Waals surface area (Å²) in [4.78, 5) is 37.7. The highest BCUT2D eigenvalue weighted by atomic mass is 16.6. The van der Waals surface area contributed by atoms with Gasteiger partial charge in [0.25, 0.3) is 0 Å². The van der Waals surface area contributed by atoms with Crippen LogP contribution in [0.1, 0.15) is 52.0 Å². The average molecular weight is 406 g/mol. The van der Waals surface area contributed by atoms with Crippen LogP contribution in [0.3, 0.4) is 0 Å². The van der Waals surface area contributed by atoms with E-state index in [2.05, 4.69) is 5.32 Å². The Morgan fingerprint density at radius 3 is 2.45 bits per heavy atom. The van der Waals surface area contributed by atoms with Crippen LogP contribution in [0.4, 0.5) is 9.59 Å². The summed E-state index contributed by atoms with van der Waals surface area (Å²) in [5, 5.41) is 12.1. The number of nitrogens with one attached hydrogen (secondary N) is 1. The Bertz CT molecular complexity index is 716. The molecule has 29 heavy (non-hydrogen) atoms. The van der Waals surface area contributed by atoms with Gasteiger partial charge in [-0.1, -0.05) is 30.3 Å². The van der Waals surface area contributed by atoms with Crippen molar-refractivity contribution in [1.29, 1.82) is 0 Å². The number of hydrogen-bond acceptors (Lipinski definition) is 5. The second-order valence-electron chi connectivity index (χ2n) is 8.36. The van der Waals surface area contributed by atoms with Crippen LogP contribution in [0.2, 0.25) is 0 Å². The van der Waals surface area contributed by atoms with Crippen LogP contribution in [0.5, 0.6) is 0 Å². The molecule has 1 aliphatic heterocycles. The molecule has 0 radical (unpaired) electrons. The van der Waals surface area contributed by atoms with Crippen LogP contribution in [0.15, 0.2) is 30.3 Å². The SMILES string of the molecule is CC(C)(C)OC(=O)N1CCCC(CC(=O)O)(NC(=O)OCc2ccccc2)CC1. The van der Waals surface area contributed by atoms with Gasteiger partial charge in [0.1, 0.15) is 12.2 Å². The van der Waals surface area contributed by atoms with Gasteiger partial charge < -0.3 is 24.8 Å². The highest BCUT2D eigenvalue weighted by molar-refractivity contribution is 5.73. The number of amides is 2. The standard InChI is InChI=1S/C21H30N2O6/c1-20(2,3)29-19(27)23-12-7-10-21(11-13-23,14-17(24)25)22-18(26)28-15-16-8-5-4-6-9-16/h4-6,8-9H,7,10-15H2,1-3H3,(H,22,26)(H,24,25). The minimum absolute atomic E-state index is 0.0971. The lowest BCUT2D eigenvalue weighted by Gasteiger charge is -2.32. The van der Waals surface area contributed by atoms with Crippen LogP contribution in [-0.2, 0) is 20.9 Å². The topological polar surface area (TPSA) is 105 Å². The quantitative estimate of drug-likeness (QED) is 0.775. The first kappa shape index (κ1) is 22.5. The number of aliphatic carboxylic acids is 1. The lowest BCUT2D eigenvalue weighted by Crippen LogP contribution is -2.50. The zero-order valence-electron chi connectivity index (χ0n) is 17.3. The summed E-state index contributed by atoms with van der Waals surface area (Å²) in [5.74, 6) is -1.01. The van der Waals surface area contributed by atoms with E-state index in [0.29, 0.717) is 32.4 Å². The molecule has 8 heteroatoms. The van der Waals surface area contributed by atoms with Crippen molar-refractivity contribution in [1.82, 2.24) is 10.2 Å². The number of nitrogens with zero attached hydrogens (tertiary/aromatic N) is 1. The molecule has 1 unspecified atom stereocenters. The Hall–Kier alpha value is -2.77. The predicted octanol–water partition coefficient (Wildman–Crippen LogP) is 3.55. The van der Waals surface area contributed by atoms with E-state index in [1.165, 1.54) is 0 Å². The molecule has 1 heterocycles. The van der Waals surface area contributed by atoms with Crippen molar-refractivity contribution < 1.29 is 29.0 Å². The summed E-state index contributed by atoms with van der Waals surface area (Å²) in [6.45, 7) is 6.21. The Labute approximate surface area is 171 Å². The van der Waals surface area contributed by atoms with Gasteiger partial charge in [-0.05, 0) is 45.6 Å². The van der Waals surface area contributed by atoms with Gasteiger partial charge in [-0.2, -0.15) is 0 Å². The molecule has 1 fully saturated rings. The zero-order chi connectivity index (χ0) is 21.5. The predicted molar refractivity (Wildman–Crippen MR) is 106 cm³/mol. The number of hydrogen-bond donors (Lipinski definition) is 2. The fraction of sp³-hybridized carbons (Fsp3) is 0.571. The third-order valence-corrected chi connectivity index (χ3v) is 4.66. The Kier molecular flexibility index (Phi) is 7.47. The molecule has 1 atom stereocenters. The minimum atomic E-state index is -1.01. The molecule has 0 aromatic heterocycles. The van der Waals surface area contributed by atoms with Crippen LogP contribution >= 0.6 is 0 Å². The van der Waals surface area contributed by atoms with Crippen LogP contribution in [0, 0.1) is 0 Å². The zero-order valence-corrected chi connectivity index (χ0v) is 17.3. The van der Waals surface area contributed by atoms with Gasteiger partial charge in [-0.25, -0.2) is 9.59 Å². The Balaban J connectivity index is 2.00. The van der Waals surface area contributed by atoms with Gasteiger partial charge in [-0.15, -0.1) is 0 Å². The van der Waals surface area contributed by atoms with Gasteiger partial charge in [0.2, 0.25) is 0 Å². The highest BCUT2D eigenvalue weighted by Gasteiger charge is 2.38. The van der Waals surface area contributed by atoms with E-state index >= 15 is 0 Å². The fourth-order valence-corrected chi connectivity index (χ4v) is 3.31. The normalized spacial score (nSPS) is 19.8. The molecular weight excluding hydrogens is 376 g/mol. The summed E-state index contributed by atoms with van der Waals surface area (Å²) in [5.41, 5.74) is -0.746. The average Bonchev–Trinajstić information content (AvgIpc) is 2.81. The van der Waals surface area contributed by atoms with Crippen molar-refractivity contribution in [3.05, 3.63) is 35.9 Å². The van der Waals surface area contributed by atoms with Crippen molar-refractivity contribution >= 4 is 18.2 Å². The van der Waals surface area contributed by atoms with E-state index in [1.54, 1.807) is 25.7 Å². The number of likely N-dealkylation sites (tertiary alicyclic amines) is 1. The summed E-state index contributed by atoms with van der Waals surface area (Å²) < 4.78 is 10.7. The Morgan fingerprint density at radius 1 is 1.14 bits per heavy atom. The van der Waals surface area contributed by atoms with E-state index in [4.69, 9.17) is 9.47 Å². The van der Waals surface area contributed by atoms with Crippen molar-refractivity contribution in [2.24, 2.45) is 0 Å². The fourth-order valence-electron chi connectivity index (χ4n) is 3.31. The molecule has 0 aliphatic carbocycles. The number of carboxylic acid groups (broad SMARTS) is 1. The molecule has 0 saturated carbocycles. The molecule has 2 rings (SSSR count). The maximum absolute atomic E-state index is 12.4.